The average molecular weight is 285 g/mol. The summed E-state index contributed by atoms with van der Waals surface area (Å²) in [5.74, 6) is 0. The van der Waals surface area contributed by atoms with Crippen LogP contribution in [0, 0.1) is 0 Å². The monoisotopic (exact) mass is 285 g/mol. The topological polar surface area (TPSA) is 51.3 Å². The fourth-order valence-electron chi connectivity index (χ4n) is 2.26. The summed E-state index contributed by atoms with van der Waals surface area (Å²) in [6, 6.07) is 13.6. The minimum Gasteiger partial charge on any atom is -0.399 e. The van der Waals surface area contributed by atoms with E-state index in [-0.39, 0.29) is 5.56 Å². The molecule has 0 unspecified atom stereocenters. The molecule has 0 atom stereocenters. The molecular weight excluding hydrogens is 262 g/mol. The lowest BCUT2D eigenvalue weighted by atomic mass is 10.1. The highest BCUT2D eigenvalue weighted by molar-refractivity contribution is 5.39. The quantitative estimate of drug-likeness (QED) is 0.829. The summed E-state index contributed by atoms with van der Waals surface area (Å²) in [6.07, 6.45) is 1.84. The number of nitrogen functional groups attached to an aromatic ring is 1. The molecule has 4 nitrogen and oxygen atoms in total. The number of hydrogen-bond donors (Lipinski definition) is 1. The van der Waals surface area contributed by atoms with Gasteiger partial charge in [0.1, 0.15) is 0 Å². The van der Waals surface area contributed by atoms with Crippen molar-refractivity contribution in [1.82, 2.24) is 9.47 Å². The Morgan fingerprint density at radius 3 is 2.48 bits per heavy atom. The largest absolute Gasteiger partial charge is 0.399 e. The molecule has 0 fully saturated rings. The van der Waals surface area contributed by atoms with Gasteiger partial charge in [0.15, 0.2) is 0 Å². The summed E-state index contributed by atoms with van der Waals surface area (Å²) < 4.78 is 1.75. The van der Waals surface area contributed by atoms with Crippen molar-refractivity contribution in [3.8, 4) is 0 Å². The van der Waals surface area contributed by atoms with Crippen LogP contribution < -0.4 is 11.3 Å². The van der Waals surface area contributed by atoms with Gasteiger partial charge in [-0.1, -0.05) is 18.2 Å². The van der Waals surface area contributed by atoms with E-state index in [1.54, 1.807) is 16.7 Å². The SMILES string of the molecule is CC(C)N(CCn1ccccc1=O)Cc1ccc(N)cc1. The highest BCUT2D eigenvalue weighted by Crippen LogP contribution is 2.11. The van der Waals surface area contributed by atoms with E-state index in [9.17, 15) is 4.79 Å². The van der Waals surface area contributed by atoms with E-state index in [1.807, 2.05) is 24.4 Å². The molecule has 0 spiro atoms. The van der Waals surface area contributed by atoms with Crippen LogP contribution in [0.15, 0.2) is 53.5 Å². The molecule has 1 heterocycles. The standard InChI is InChI=1S/C17H23N3O/c1-14(2)20(13-15-6-8-16(18)9-7-15)12-11-19-10-4-3-5-17(19)21/h3-10,14H,11-13,18H2,1-2H3. The van der Waals surface area contributed by atoms with Gasteiger partial charge in [-0.15, -0.1) is 0 Å². The van der Waals surface area contributed by atoms with Crippen LogP contribution in [0.5, 0.6) is 0 Å². The third kappa shape index (κ3) is 4.46. The molecule has 4 heteroatoms. The Kier molecular flexibility index (Phi) is 5.17. The van der Waals surface area contributed by atoms with Gasteiger partial charge in [0.25, 0.3) is 5.56 Å². The van der Waals surface area contributed by atoms with Gasteiger partial charge in [0.2, 0.25) is 0 Å². The molecule has 2 N–H and O–H groups in total. The zero-order valence-electron chi connectivity index (χ0n) is 12.7. The molecule has 0 radical (unpaired) electrons. The van der Waals surface area contributed by atoms with Crippen LogP contribution in [-0.2, 0) is 13.1 Å². The lowest BCUT2D eigenvalue weighted by Crippen LogP contribution is -2.35. The summed E-state index contributed by atoms with van der Waals surface area (Å²) >= 11 is 0. The zero-order chi connectivity index (χ0) is 15.2. The van der Waals surface area contributed by atoms with Crippen molar-refractivity contribution < 1.29 is 0 Å². The van der Waals surface area contributed by atoms with Crippen LogP contribution in [0.25, 0.3) is 0 Å². The Labute approximate surface area is 125 Å². The highest BCUT2D eigenvalue weighted by Gasteiger charge is 2.10. The fourth-order valence-corrected chi connectivity index (χ4v) is 2.26. The molecule has 21 heavy (non-hydrogen) atoms. The predicted molar refractivity (Wildman–Crippen MR) is 87.1 cm³/mol. The van der Waals surface area contributed by atoms with E-state index < -0.39 is 0 Å². The second kappa shape index (κ2) is 7.09. The lowest BCUT2D eigenvalue weighted by molar-refractivity contribution is 0.203. The maximum absolute atomic E-state index is 11.7. The molecule has 0 saturated carbocycles. The molecule has 2 aromatic rings. The van der Waals surface area contributed by atoms with Crippen LogP contribution in [0.3, 0.4) is 0 Å². The minimum absolute atomic E-state index is 0.0497. The van der Waals surface area contributed by atoms with Gasteiger partial charge in [0.05, 0.1) is 0 Å². The van der Waals surface area contributed by atoms with Gasteiger partial charge in [-0.3, -0.25) is 9.69 Å². The number of rotatable bonds is 6. The van der Waals surface area contributed by atoms with Crippen molar-refractivity contribution in [2.45, 2.75) is 33.0 Å². The first-order valence-electron chi connectivity index (χ1n) is 7.30. The Morgan fingerprint density at radius 2 is 1.86 bits per heavy atom. The molecule has 112 valence electrons. The molecule has 0 aliphatic carbocycles. The number of nitrogens with two attached hydrogens (primary N) is 1. The number of nitrogens with zero attached hydrogens (tertiary/aromatic N) is 2. The Balaban J connectivity index is 2.01. The Morgan fingerprint density at radius 1 is 1.14 bits per heavy atom. The first kappa shape index (κ1) is 15.3. The van der Waals surface area contributed by atoms with Gasteiger partial charge >= 0.3 is 0 Å². The van der Waals surface area contributed by atoms with E-state index >= 15 is 0 Å². The molecule has 2 rings (SSSR count). The van der Waals surface area contributed by atoms with Crippen LogP contribution in [0.2, 0.25) is 0 Å². The van der Waals surface area contributed by atoms with Crippen molar-refractivity contribution in [2.24, 2.45) is 0 Å². The first-order chi connectivity index (χ1) is 10.1. The van der Waals surface area contributed by atoms with E-state index in [4.69, 9.17) is 5.73 Å². The van der Waals surface area contributed by atoms with Gasteiger partial charge in [0, 0.05) is 43.6 Å². The van der Waals surface area contributed by atoms with E-state index in [0.717, 1.165) is 18.8 Å². The summed E-state index contributed by atoms with van der Waals surface area (Å²) in [6.45, 7) is 6.74. The average Bonchev–Trinajstić information content (AvgIpc) is 2.46. The van der Waals surface area contributed by atoms with Gasteiger partial charge in [-0.25, -0.2) is 0 Å². The molecular formula is C17H23N3O. The summed E-state index contributed by atoms with van der Waals surface area (Å²) in [7, 11) is 0. The Hall–Kier alpha value is -2.07. The normalized spacial score (nSPS) is 11.2. The number of pyridine rings is 1. The van der Waals surface area contributed by atoms with Crippen molar-refractivity contribution >= 4 is 5.69 Å². The number of benzene rings is 1. The van der Waals surface area contributed by atoms with Gasteiger partial charge in [-0.05, 0) is 37.6 Å². The van der Waals surface area contributed by atoms with Crippen molar-refractivity contribution in [3.63, 3.8) is 0 Å². The predicted octanol–water partition coefficient (Wildman–Crippen LogP) is 2.34. The summed E-state index contributed by atoms with van der Waals surface area (Å²) in [5.41, 5.74) is 7.78. The fraction of sp³-hybridized carbons (Fsp3) is 0.353. The van der Waals surface area contributed by atoms with Crippen molar-refractivity contribution in [2.75, 3.05) is 12.3 Å². The second-order valence-corrected chi connectivity index (χ2v) is 5.54. The highest BCUT2D eigenvalue weighted by atomic mass is 16.1. The molecule has 0 aliphatic heterocycles. The van der Waals surface area contributed by atoms with Crippen molar-refractivity contribution in [3.05, 3.63) is 64.6 Å². The number of hydrogen-bond acceptors (Lipinski definition) is 3. The maximum Gasteiger partial charge on any atom is 0.250 e. The molecule has 0 amide bonds. The van der Waals surface area contributed by atoms with E-state index in [0.29, 0.717) is 12.6 Å². The van der Waals surface area contributed by atoms with Crippen LogP contribution in [-0.4, -0.2) is 22.1 Å². The zero-order valence-corrected chi connectivity index (χ0v) is 12.7. The smallest absolute Gasteiger partial charge is 0.250 e. The van der Waals surface area contributed by atoms with Crippen LogP contribution >= 0.6 is 0 Å². The lowest BCUT2D eigenvalue weighted by Gasteiger charge is -2.26. The van der Waals surface area contributed by atoms with Gasteiger partial charge in [-0.2, -0.15) is 0 Å². The van der Waals surface area contributed by atoms with Crippen molar-refractivity contribution in [1.29, 1.82) is 0 Å². The number of anilines is 1. The van der Waals surface area contributed by atoms with E-state index in [1.165, 1.54) is 5.56 Å². The first-order valence-corrected chi connectivity index (χ1v) is 7.30. The molecule has 0 saturated heterocycles. The summed E-state index contributed by atoms with van der Waals surface area (Å²) in [5, 5.41) is 0. The molecule has 1 aromatic carbocycles. The third-order valence-corrected chi connectivity index (χ3v) is 3.62. The van der Waals surface area contributed by atoms with Gasteiger partial charge < -0.3 is 10.3 Å². The minimum atomic E-state index is 0.0497. The van der Waals surface area contributed by atoms with Crippen LogP contribution in [0.1, 0.15) is 19.4 Å². The van der Waals surface area contributed by atoms with Crippen LogP contribution in [0.4, 0.5) is 5.69 Å². The third-order valence-electron chi connectivity index (χ3n) is 3.62. The summed E-state index contributed by atoms with van der Waals surface area (Å²) in [4.78, 5) is 14.1. The maximum atomic E-state index is 11.7. The Bertz CT molecular complexity index is 616. The molecule has 1 aromatic heterocycles. The molecule has 0 bridgehead atoms. The second-order valence-electron chi connectivity index (χ2n) is 5.54. The van der Waals surface area contributed by atoms with E-state index in [2.05, 4.69) is 30.9 Å². The number of aromatic nitrogens is 1. The molecule has 0 aliphatic rings.